The van der Waals surface area contributed by atoms with Crippen LogP contribution in [0.2, 0.25) is 0 Å². The van der Waals surface area contributed by atoms with Crippen LogP contribution in [0.1, 0.15) is 5.56 Å². The number of hydrogen-bond acceptors (Lipinski definition) is 4. The number of rotatable bonds is 1. The van der Waals surface area contributed by atoms with E-state index in [9.17, 15) is 4.79 Å². The van der Waals surface area contributed by atoms with Crippen molar-refractivity contribution in [3.8, 4) is 5.75 Å². The highest BCUT2D eigenvalue weighted by atomic mass is 32.2. The molecule has 2 aliphatic rings. The largest absolute Gasteiger partial charge is 0.491 e. The maximum atomic E-state index is 12.5. The molecule has 5 heteroatoms. The summed E-state index contributed by atoms with van der Waals surface area (Å²) in [5.74, 6) is 3.07. The van der Waals surface area contributed by atoms with Crippen molar-refractivity contribution in [3.05, 3.63) is 29.8 Å². The Morgan fingerprint density at radius 2 is 2.32 bits per heavy atom. The van der Waals surface area contributed by atoms with Crippen LogP contribution < -0.4 is 10.1 Å². The van der Waals surface area contributed by atoms with Crippen molar-refractivity contribution in [3.63, 3.8) is 0 Å². The lowest BCUT2D eigenvalue weighted by Crippen LogP contribution is -2.50. The summed E-state index contributed by atoms with van der Waals surface area (Å²) in [6.45, 7) is 2.80. The average molecular weight is 278 g/mol. The van der Waals surface area contributed by atoms with Crippen molar-refractivity contribution in [2.75, 3.05) is 31.2 Å². The second-order valence-corrected chi connectivity index (χ2v) is 5.95. The molecule has 1 atom stereocenters. The summed E-state index contributed by atoms with van der Waals surface area (Å²) in [7, 11) is 0. The van der Waals surface area contributed by atoms with Gasteiger partial charge in [-0.1, -0.05) is 18.2 Å². The zero-order valence-corrected chi connectivity index (χ0v) is 11.6. The predicted octanol–water partition coefficient (Wildman–Crippen LogP) is 1.11. The van der Waals surface area contributed by atoms with Crippen molar-refractivity contribution in [1.29, 1.82) is 0 Å². The first kappa shape index (κ1) is 12.8. The topological polar surface area (TPSA) is 41.6 Å². The summed E-state index contributed by atoms with van der Waals surface area (Å²) >= 11 is 1.84. The summed E-state index contributed by atoms with van der Waals surface area (Å²) in [6, 6.07) is 7.92. The van der Waals surface area contributed by atoms with Gasteiger partial charge in [0.2, 0.25) is 5.91 Å². The van der Waals surface area contributed by atoms with Crippen LogP contribution in [0, 0.1) is 0 Å². The molecule has 3 rings (SSSR count). The second kappa shape index (κ2) is 5.84. The second-order valence-electron chi connectivity index (χ2n) is 4.80. The van der Waals surface area contributed by atoms with Crippen LogP contribution >= 0.6 is 11.8 Å². The zero-order valence-electron chi connectivity index (χ0n) is 10.8. The minimum Gasteiger partial charge on any atom is -0.491 e. The molecule has 1 aromatic rings. The fourth-order valence-electron chi connectivity index (χ4n) is 2.46. The Bertz CT molecular complexity index is 461. The molecule has 4 nitrogen and oxygen atoms in total. The molecule has 1 amide bonds. The normalized spacial score (nSPS) is 23.2. The highest BCUT2D eigenvalue weighted by molar-refractivity contribution is 7.99. The van der Waals surface area contributed by atoms with Crippen molar-refractivity contribution in [2.45, 2.75) is 12.6 Å². The Labute approximate surface area is 117 Å². The van der Waals surface area contributed by atoms with E-state index in [2.05, 4.69) is 5.32 Å². The minimum atomic E-state index is -0.0380. The van der Waals surface area contributed by atoms with Crippen LogP contribution in [0.4, 0.5) is 0 Å². The van der Waals surface area contributed by atoms with Crippen LogP contribution in [0.25, 0.3) is 0 Å². The summed E-state index contributed by atoms with van der Waals surface area (Å²) < 4.78 is 5.70. The number of benzene rings is 1. The van der Waals surface area contributed by atoms with Gasteiger partial charge < -0.3 is 15.0 Å². The number of para-hydroxylation sites is 1. The van der Waals surface area contributed by atoms with Crippen LogP contribution in [-0.4, -0.2) is 48.1 Å². The van der Waals surface area contributed by atoms with Gasteiger partial charge >= 0.3 is 0 Å². The van der Waals surface area contributed by atoms with Crippen LogP contribution in [0.3, 0.4) is 0 Å². The van der Waals surface area contributed by atoms with E-state index in [1.54, 1.807) is 0 Å². The highest BCUT2D eigenvalue weighted by Gasteiger charge is 2.27. The average Bonchev–Trinajstić information content (AvgIpc) is 2.69. The number of amides is 1. The molecule has 0 aromatic heterocycles. The maximum absolute atomic E-state index is 12.5. The van der Waals surface area contributed by atoms with E-state index in [0.717, 1.165) is 29.4 Å². The first-order chi connectivity index (χ1) is 9.34. The molecule has 1 aromatic carbocycles. The number of hydrogen-bond donors (Lipinski definition) is 1. The van der Waals surface area contributed by atoms with Crippen molar-refractivity contribution in [2.24, 2.45) is 0 Å². The van der Waals surface area contributed by atoms with Gasteiger partial charge in [0, 0.05) is 30.2 Å². The fourth-order valence-corrected chi connectivity index (χ4v) is 3.38. The van der Waals surface area contributed by atoms with E-state index < -0.39 is 0 Å². The van der Waals surface area contributed by atoms with Gasteiger partial charge in [0.25, 0.3) is 0 Å². The monoisotopic (exact) mass is 278 g/mol. The van der Waals surface area contributed by atoms with E-state index in [0.29, 0.717) is 19.7 Å². The maximum Gasteiger partial charge on any atom is 0.240 e. The first-order valence-electron chi connectivity index (χ1n) is 6.65. The summed E-state index contributed by atoms with van der Waals surface area (Å²) in [5.41, 5.74) is 1.09. The number of carbonyl (C=O) groups is 1. The molecule has 102 valence electrons. The molecule has 1 unspecified atom stereocenters. The van der Waals surface area contributed by atoms with E-state index in [1.807, 2.05) is 40.9 Å². The van der Waals surface area contributed by atoms with Crippen molar-refractivity contribution in [1.82, 2.24) is 10.2 Å². The number of fused-ring (bicyclic) bond motifs is 1. The molecular weight excluding hydrogens is 260 g/mol. The predicted molar refractivity (Wildman–Crippen MR) is 76.5 cm³/mol. The quantitative estimate of drug-likeness (QED) is 0.835. The lowest BCUT2D eigenvalue weighted by atomic mass is 10.2. The lowest BCUT2D eigenvalue weighted by Gasteiger charge is -2.28. The molecule has 2 heterocycles. The van der Waals surface area contributed by atoms with Gasteiger partial charge in [-0.15, -0.1) is 0 Å². The van der Waals surface area contributed by atoms with Gasteiger partial charge in [-0.3, -0.25) is 4.79 Å². The Morgan fingerprint density at radius 1 is 1.42 bits per heavy atom. The number of nitrogens with zero attached hydrogens (tertiary/aromatic N) is 1. The molecule has 19 heavy (non-hydrogen) atoms. The van der Waals surface area contributed by atoms with Gasteiger partial charge in [-0.25, -0.2) is 0 Å². The number of ether oxygens (including phenoxy) is 1. The van der Waals surface area contributed by atoms with Crippen LogP contribution in [0.15, 0.2) is 24.3 Å². The molecule has 0 bridgehead atoms. The molecule has 2 aliphatic heterocycles. The molecule has 1 saturated heterocycles. The Kier molecular flexibility index (Phi) is 3.94. The standard InChI is InChI=1S/C14H18N2O2S/c17-14(12-10-19-8-5-15-12)16-6-7-18-13-4-2-1-3-11(13)9-16/h1-4,12,15H,5-10H2. The minimum absolute atomic E-state index is 0.0380. The molecule has 1 N–H and O–H groups in total. The lowest BCUT2D eigenvalue weighted by molar-refractivity contribution is -0.133. The van der Waals surface area contributed by atoms with E-state index >= 15 is 0 Å². The van der Waals surface area contributed by atoms with Gasteiger partial charge in [0.05, 0.1) is 12.6 Å². The first-order valence-corrected chi connectivity index (χ1v) is 7.81. The fraction of sp³-hybridized carbons (Fsp3) is 0.500. The van der Waals surface area contributed by atoms with Gasteiger partial charge in [-0.2, -0.15) is 11.8 Å². The Morgan fingerprint density at radius 3 is 3.16 bits per heavy atom. The number of carbonyl (C=O) groups excluding carboxylic acids is 1. The highest BCUT2D eigenvalue weighted by Crippen LogP contribution is 2.23. The number of nitrogens with one attached hydrogen (secondary N) is 1. The number of thioether (sulfide) groups is 1. The third-order valence-electron chi connectivity index (χ3n) is 3.48. The van der Waals surface area contributed by atoms with Crippen LogP contribution in [0.5, 0.6) is 5.75 Å². The van der Waals surface area contributed by atoms with Gasteiger partial charge in [0.15, 0.2) is 0 Å². The van der Waals surface area contributed by atoms with Crippen molar-refractivity contribution < 1.29 is 9.53 Å². The zero-order chi connectivity index (χ0) is 13.1. The molecule has 1 fully saturated rings. The van der Waals surface area contributed by atoms with E-state index in [1.165, 1.54) is 0 Å². The summed E-state index contributed by atoms with van der Waals surface area (Å²) in [4.78, 5) is 14.4. The third-order valence-corrected chi connectivity index (χ3v) is 4.55. The van der Waals surface area contributed by atoms with E-state index in [-0.39, 0.29) is 11.9 Å². The molecule has 0 radical (unpaired) electrons. The third kappa shape index (κ3) is 2.87. The van der Waals surface area contributed by atoms with E-state index in [4.69, 9.17) is 4.74 Å². The Hall–Kier alpha value is -1.20. The SMILES string of the molecule is O=C(C1CSCCN1)N1CCOc2ccccc2C1. The van der Waals surface area contributed by atoms with Gasteiger partial charge in [-0.05, 0) is 6.07 Å². The summed E-state index contributed by atoms with van der Waals surface area (Å²) in [6.07, 6.45) is 0. The van der Waals surface area contributed by atoms with Crippen LogP contribution in [-0.2, 0) is 11.3 Å². The van der Waals surface area contributed by atoms with Gasteiger partial charge in [0.1, 0.15) is 12.4 Å². The molecular formula is C14H18N2O2S. The smallest absolute Gasteiger partial charge is 0.240 e. The Balaban J connectivity index is 1.73. The molecule has 0 aliphatic carbocycles. The summed E-state index contributed by atoms with van der Waals surface area (Å²) in [5, 5.41) is 3.31. The van der Waals surface area contributed by atoms with Crippen molar-refractivity contribution >= 4 is 17.7 Å². The molecule has 0 spiro atoms. The molecule has 0 saturated carbocycles.